The van der Waals surface area contributed by atoms with Gasteiger partial charge < -0.3 is 24.4 Å². The minimum atomic E-state index is -1.05. The molecule has 3 fully saturated rings. The highest BCUT2D eigenvalue weighted by Crippen LogP contribution is 2.60. The van der Waals surface area contributed by atoms with Crippen molar-refractivity contribution >= 4 is 33.7 Å². The molecule has 0 aromatic rings. The Morgan fingerprint density at radius 3 is 2.69 bits per heavy atom. The number of esters is 1. The van der Waals surface area contributed by atoms with Crippen molar-refractivity contribution in [3.63, 3.8) is 0 Å². The third-order valence-electron chi connectivity index (χ3n) is 7.74. The number of carbonyl (C=O) groups excluding carboxylic acids is 3. The fourth-order valence-corrected chi connectivity index (χ4v) is 7.20. The van der Waals surface area contributed by atoms with E-state index in [0.29, 0.717) is 25.9 Å². The second-order valence-electron chi connectivity index (χ2n) is 10.0. The molecule has 8 nitrogen and oxygen atoms in total. The first kappa shape index (κ1) is 28.1. The van der Waals surface area contributed by atoms with Crippen molar-refractivity contribution < 1.29 is 29.0 Å². The molecule has 0 radical (unpaired) electrons. The Labute approximate surface area is 217 Å². The van der Waals surface area contributed by atoms with Crippen LogP contribution in [0, 0.1) is 11.8 Å². The molecule has 0 saturated carbocycles. The fraction of sp³-hybridized carbons (Fsp3) is 0.808. The van der Waals surface area contributed by atoms with Gasteiger partial charge in [0.05, 0.1) is 24.5 Å². The summed E-state index contributed by atoms with van der Waals surface area (Å²) in [6, 6.07) is -0.803. The van der Waals surface area contributed by atoms with Crippen molar-refractivity contribution in [1.29, 1.82) is 0 Å². The minimum absolute atomic E-state index is 0.0123. The first-order valence-corrected chi connectivity index (χ1v) is 14.0. The van der Waals surface area contributed by atoms with Gasteiger partial charge in [-0.2, -0.15) is 0 Å². The van der Waals surface area contributed by atoms with Crippen molar-refractivity contribution in [3.05, 3.63) is 12.7 Å². The first-order chi connectivity index (χ1) is 16.8. The molecule has 198 valence electrons. The monoisotopic (exact) mass is 556 g/mol. The zero-order valence-electron chi connectivity index (χ0n) is 21.3. The van der Waals surface area contributed by atoms with Gasteiger partial charge in [0.25, 0.3) is 0 Å². The number of alkyl halides is 1. The maximum Gasteiger partial charge on any atom is 0.312 e. The Hall–Kier alpha value is -1.45. The smallest absolute Gasteiger partial charge is 0.312 e. The van der Waals surface area contributed by atoms with Crippen LogP contribution in [0.25, 0.3) is 0 Å². The van der Waals surface area contributed by atoms with Gasteiger partial charge in [0.1, 0.15) is 11.6 Å². The number of ether oxygens (including phenoxy) is 2. The summed E-state index contributed by atoms with van der Waals surface area (Å²) >= 11 is 3.68. The van der Waals surface area contributed by atoms with Crippen LogP contribution in [0.4, 0.5) is 0 Å². The molecule has 3 aliphatic heterocycles. The van der Waals surface area contributed by atoms with Crippen LogP contribution in [0.5, 0.6) is 0 Å². The number of amides is 2. The molecule has 9 heteroatoms. The molecule has 35 heavy (non-hydrogen) atoms. The number of aliphatic hydroxyl groups is 1. The number of likely N-dealkylation sites (tertiary alicyclic amines) is 1. The number of fused-ring (bicyclic) bond motifs is 1. The van der Waals surface area contributed by atoms with Gasteiger partial charge in [0.2, 0.25) is 11.8 Å². The summed E-state index contributed by atoms with van der Waals surface area (Å²) in [6.07, 6.45) is 6.62. The summed E-state index contributed by atoms with van der Waals surface area (Å²) in [5, 5.41) is 9.08. The van der Waals surface area contributed by atoms with Gasteiger partial charge in [-0.1, -0.05) is 48.2 Å². The van der Waals surface area contributed by atoms with E-state index in [1.807, 2.05) is 11.8 Å². The Bertz CT molecular complexity index is 794. The molecule has 1 spiro atoms. The van der Waals surface area contributed by atoms with Gasteiger partial charge >= 0.3 is 5.97 Å². The molecule has 2 unspecified atom stereocenters. The van der Waals surface area contributed by atoms with Crippen LogP contribution in [-0.2, 0) is 23.9 Å². The van der Waals surface area contributed by atoms with Crippen LogP contribution in [0.15, 0.2) is 12.7 Å². The van der Waals surface area contributed by atoms with E-state index in [-0.39, 0.29) is 35.9 Å². The molecule has 0 aliphatic carbocycles. The largest absolute Gasteiger partial charge is 0.466 e. The summed E-state index contributed by atoms with van der Waals surface area (Å²) in [4.78, 5) is 44.4. The Balaban J connectivity index is 1.98. The zero-order chi connectivity index (χ0) is 25.8. The second-order valence-corrected chi connectivity index (χ2v) is 11.2. The number of aliphatic hydroxyl groups excluding tert-OH is 1. The van der Waals surface area contributed by atoms with Crippen LogP contribution in [0.3, 0.4) is 0 Å². The molecule has 3 rings (SSSR count). The number of nitrogens with zero attached hydrogens (tertiary/aromatic N) is 2. The molecule has 7 atom stereocenters. The molecule has 3 heterocycles. The first-order valence-electron chi connectivity index (χ1n) is 13.1. The van der Waals surface area contributed by atoms with E-state index in [0.717, 1.165) is 32.1 Å². The lowest BCUT2D eigenvalue weighted by atomic mass is 9.70. The topological polar surface area (TPSA) is 96.4 Å². The van der Waals surface area contributed by atoms with Gasteiger partial charge in [-0.05, 0) is 39.5 Å². The lowest BCUT2D eigenvalue weighted by Gasteiger charge is -2.39. The molecule has 1 N–H and O–H groups in total. The van der Waals surface area contributed by atoms with Crippen LogP contribution in [-0.4, -0.2) is 87.6 Å². The van der Waals surface area contributed by atoms with Crippen LogP contribution in [0.2, 0.25) is 0 Å². The normalized spacial score (nSPS) is 32.0. The van der Waals surface area contributed by atoms with Crippen molar-refractivity contribution in [2.45, 2.75) is 94.3 Å². The standard InChI is InChI=1S/C26H41BrN2O6/c1-5-12-17(4)28(13-6-2)24(32)22-26-16-18(27)21(35-26)19(25(33)34-7-3)20(26)23(31)29(22)14-10-8-9-11-15-30/h6,17-22,30H,2,5,7-16H2,1,3-4H3/t17?,18?,19-,20+,21-,22-,26+/m1/s1. The molecule has 0 aromatic carbocycles. The van der Waals surface area contributed by atoms with Crippen molar-refractivity contribution in [2.24, 2.45) is 11.8 Å². The van der Waals surface area contributed by atoms with E-state index >= 15 is 0 Å². The van der Waals surface area contributed by atoms with Crippen molar-refractivity contribution in [1.82, 2.24) is 9.80 Å². The third-order valence-corrected chi connectivity index (χ3v) is 8.58. The number of hydrogen-bond donors (Lipinski definition) is 1. The molecule has 3 aliphatic rings. The lowest BCUT2D eigenvalue weighted by Crippen LogP contribution is -2.58. The zero-order valence-corrected chi connectivity index (χ0v) is 22.9. The highest BCUT2D eigenvalue weighted by Gasteiger charge is 2.77. The molecular formula is C26H41BrN2O6. The van der Waals surface area contributed by atoms with Gasteiger partial charge in [-0.25, -0.2) is 0 Å². The average molecular weight is 558 g/mol. The van der Waals surface area contributed by atoms with Crippen molar-refractivity contribution in [3.8, 4) is 0 Å². The fourth-order valence-electron chi connectivity index (χ4n) is 6.26. The number of unbranched alkanes of at least 4 members (excludes halogenated alkanes) is 3. The van der Waals surface area contributed by atoms with E-state index in [2.05, 4.69) is 29.4 Å². The predicted molar refractivity (Wildman–Crippen MR) is 136 cm³/mol. The van der Waals surface area contributed by atoms with E-state index in [9.17, 15) is 14.4 Å². The molecule has 2 bridgehead atoms. The quantitative estimate of drug-likeness (QED) is 0.153. The summed E-state index contributed by atoms with van der Waals surface area (Å²) in [6.45, 7) is 10.9. The van der Waals surface area contributed by atoms with Gasteiger partial charge in [0, 0.05) is 30.6 Å². The van der Waals surface area contributed by atoms with Crippen LogP contribution < -0.4 is 0 Å². The van der Waals surface area contributed by atoms with E-state index < -0.39 is 35.6 Å². The Morgan fingerprint density at radius 2 is 2.06 bits per heavy atom. The number of rotatable bonds is 14. The SMILES string of the molecule is C=CCN(C(=O)[C@H]1N(CCCCCCO)C(=O)[C@@H]2[C@@H](C(=O)OCC)[C@@H]3O[C@@]21CC3Br)C(C)CCC. The highest BCUT2D eigenvalue weighted by atomic mass is 79.9. The molecule has 0 aromatic heterocycles. The van der Waals surface area contributed by atoms with Gasteiger partial charge in [0.15, 0.2) is 0 Å². The summed E-state index contributed by atoms with van der Waals surface area (Å²) in [7, 11) is 0. The van der Waals surface area contributed by atoms with Crippen molar-refractivity contribution in [2.75, 3.05) is 26.3 Å². The average Bonchev–Trinajstić information content (AvgIpc) is 3.41. The lowest BCUT2D eigenvalue weighted by molar-refractivity contribution is -0.155. The third kappa shape index (κ3) is 5.18. The second kappa shape index (κ2) is 12.2. The van der Waals surface area contributed by atoms with Gasteiger partial charge in [-0.3, -0.25) is 14.4 Å². The number of carbonyl (C=O) groups is 3. The van der Waals surface area contributed by atoms with Crippen LogP contribution in [0.1, 0.15) is 65.7 Å². The number of halogens is 1. The summed E-state index contributed by atoms with van der Waals surface area (Å²) in [5.41, 5.74) is -1.05. The van der Waals surface area contributed by atoms with E-state index in [1.165, 1.54) is 0 Å². The predicted octanol–water partition coefficient (Wildman–Crippen LogP) is 3.05. The summed E-state index contributed by atoms with van der Waals surface area (Å²) < 4.78 is 11.9. The summed E-state index contributed by atoms with van der Waals surface area (Å²) in [5.74, 6) is -2.20. The molecular weight excluding hydrogens is 516 g/mol. The van der Waals surface area contributed by atoms with Gasteiger partial charge in [-0.15, -0.1) is 6.58 Å². The maximum atomic E-state index is 14.2. The number of hydrogen-bond acceptors (Lipinski definition) is 6. The molecule has 2 amide bonds. The van der Waals surface area contributed by atoms with E-state index in [1.54, 1.807) is 17.9 Å². The van der Waals surface area contributed by atoms with Crippen LogP contribution >= 0.6 is 15.9 Å². The van der Waals surface area contributed by atoms with E-state index in [4.69, 9.17) is 14.6 Å². The molecule has 3 saturated heterocycles. The highest BCUT2D eigenvalue weighted by molar-refractivity contribution is 9.09. The maximum absolute atomic E-state index is 14.2. The Morgan fingerprint density at radius 1 is 1.34 bits per heavy atom. The Kier molecular flexibility index (Phi) is 9.80. The minimum Gasteiger partial charge on any atom is -0.466 e.